The highest BCUT2D eigenvalue weighted by Gasteiger charge is 2.56. The summed E-state index contributed by atoms with van der Waals surface area (Å²) in [6.07, 6.45) is 0.655. The molecule has 0 aliphatic carbocycles. The van der Waals surface area contributed by atoms with Crippen molar-refractivity contribution in [3.8, 4) is 0 Å². The van der Waals surface area contributed by atoms with Crippen molar-refractivity contribution >= 4 is 28.6 Å². The van der Waals surface area contributed by atoms with Crippen LogP contribution >= 0.6 is 0 Å². The van der Waals surface area contributed by atoms with Gasteiger partial charge in [-0.05, 0) is 56.2 Å². The minimum Gasteiger partial charge on any atom is -0.464 e. The molecule has 0 amide bonds. The predicted octanol–water partition coefficient (Wildman–Crippen LogP) is 5.19. The van der Waals surface area contributed by atoms with Gasteiger partial charge in [0.05, 0.1) is 26.4 Å². The number of ether oxygens (including phenoxy) is 4. The summed E-state index contributed by atoms with van der Waals surface area (Å²) in [4.78, 5) is 25.7. The summed E-state index contributed by atoms with van der Waals surface area (Å²) in [7, 11) is -4.97. The summed E-state index contributed by atoms with van der Waals surface area (Å²) in [5, 5.41) is -0.351. The minimum absolute atomic E-state index is 0.175. The molecular formula is C25H48O8Si2. The molecule has 10 heteroatoms. The fraction of sp³-hybridized carbons (Fsp3) is 0.840. The van der Waals surface area contributed by atoms with Crippen LogP contribution < -0.4 is 0 Å². The van der Waals surface area contributed by atoms with Gasteiger partial charge in [-0.3, -0.25) is 0 Å². The highest BCUT2D eigenvalue weighted by Crippen LogP contribution is 2.44. The Morgan fingerprint density at radius 2 is 1.31 bits per heavy atom. The van der Waals surface area contributed by atoms with Gasteiger partial charge in [0.25, 0.3) is 0 Å². The average molecular weight is 533 g/mol. The number of carbonyl (C=O) groups excluding carboxylic acids is 2. The molecule has 0 unspecified atom stereocenters. The molecule has 0 aromatic heterocycles. The molecule has 35 heavy (non-hydrogen) atoms. The van der Waals surface area contributed by atoms with Crippen LogP contribution in [0.1, 0.15) is 55.4 Å². The van der Waals surface area contributed by atoms with Crippen LogP contribution in [0.25, 0.3) is 0 Å². The van der Waals surface area contributed by atoms with Gasteiger partial charge in [-0.1, -0.05) is 41.5 Å². The predicted molar refractivity (Wildman–Crippen MR) is 141 cm³/mol. The van der Waals surface area contributed by atoms with Crippen LogP contribution in [0.2, 0.25) is 36.3 Å². The van der Waals surface area contributed by atoms with E-state index >= 15 is 0 Å². The molecule has 0 aromatic carbocycles. The Balaban J connectivity index is 3.72. The molecule has 1 saturated heterocycles. The standard InChI is InChI=1S/C25H48O8Si2/c1-13-28-19(26)15-16-25(30-17-18-31-25)21(33-35(11,12)24(6,7)8)20(22(27)29-14-2)32-34(9,10)23(3,4)5/h15-16,20-21H,13-14,17-18H2,1-12H3/b16-15+/t20-,21-/m0/s1. The molecule has 1 fully saturated rings. The second kappa shape index (κ2) is 12.0. The van der Waals surface area contributed by atoms with Crippen molar-refractivity contribution in [2.24, 2.45) is 0 Å². The van der Waals surface area contributed by atoms with Crippen molar-refractivity contribution in [1.29, 1.82) is 0 Å². The minimum atomic E-state index is -2.49. The van der Waals surface area contributed by atoms with E-state index in [-0.39, 0.29) is 36.5 Å². The molecule has 1 aliphatic rings. The molecule has 0 aromatic rings. The maximum absolute atomic E-state index is 13.4. The van der Waals surface area contributed by atoms with E-state index in [4.69, 9.17) is 27.8 Å². The van der Waals surface area contributed by atoms with Gasteiger partial charge in [0.15, 0.2) is 22.7 Å². The summed E-state index contributed by atoms with van der Waals surface area (Å²) in [5.41, 5.74) is 0. The Bertz CT molecular complexity index is 744. The first-order chi connectivity index (χ1) is 15.8. The first-order valence-corrected chi connectivity index (χ1v) is 18.3. The third-order valence-electron chi connectivity index (χ3n) is 7.12. The third kappa shape index (κ3) is 8.23. The van der Waals surface area contributed by atoms with Crippen LogP contribution in [0.15, 0.2) is 12.2 Å². The van der Waals surface area contributed by atoms with Crippen molar-refractivity contribution in [3.63, 3.8) is 0 Å². The van der Waals surface area contributed by atoms with Crippen LogP contribution in [-0.2, 0) is 37.4 Å². The van der Waals surface area contributed by atoms with Gasteiger partial charge >= 0.3 is 11.9 Å². The highest BCUT2D eigenvalue weighted by atomic mass is 28.4. The van der Waals surface area contributed by atoms with Gasteiger partial charge in [-0.25, -0.2) is 9.59 Å². The van der Waals surface area contributed by atoms with Crippen LogP contribution in [0.3, 0.4) is 0 Å². The summed E-state index contributed by atoms with van der Waals surface area (Å²) in [6, 6.07) is 0. The zero-order valence-electron chi connectivity index (χ0n) is 23.9. The van der Waals surface area contributed by atoms with Gasteiger partial charge in [0.2, 0.25) is 5.79 Å². The van der Waals surface area contributed by atoms with Gasteiger partial charge < -0.3 is 27.8 Å². The van der Waals surface area contributed by atoms with Crippen molar-refractivity contribution in [2.75, 3.05) is 26.4 Å². The fourth-order valence-electron chi connectivity index (χ4n) is 2.98. The van der Waals surface area contributed by atoms with E-state index in [0.29, 0.717) is 0 Å². The smallest absolute Gasteiger partial charge is 0.336 e. The normalized spacial score (nSPS) is 19.0. The van der Waals surface area contributed by atoms with Crippen LogP contribution in [-0.4, -0.2) is 73.0 Å². The summed E-state index contributed by atoms with van der Waals surface area (Å²) < 4.78 is 36.3. The maximum Gasteiger partial charge on any atom is 0.336 e. The van der Waals surface area contributed by atoms with Crippen LogP contribution in [0.4, 0.5) is 0 Å². The van der Waals surface area contributed by atoms with Gasteiger partial charge in [-0.15, -0.1) is 0 Å². The van der Waals surface area contributed by atoms with Crippen LogP contribution in [0.5, 0.6) is 0 Å². The lowest BCUT2D eigenvalue weighted by atomic mass is 10.0. The molecule has 0 radical (unpaired) electrons. The van der Waals surface area contributed by atoms with E-state index in [9.17, 15) is 9.59 Å². The van der Waals surface area contributed by atoms with Gasteiger partial charge in [0.1, 0.15) is 6.10 Å². The maximum atomic E-state index is 13.4. The Morgan fingerprint density at radius 1 is 0.857 bits per heavy atom. The zero-order valence-corrected chi connectivity index (χ0v) is 25.9. The summed E-state index contributed by atoms with van der Waals surface area (Å²) >= 11 is 0. The molecule has 0 saturated carbocycles. The SMILES string of the molecule is CCOC(=O)/C=C/C1([C@@H](O[Si](C)(C)C(C)(C)C)[C@H](O[Si](C)(C)C(C)(C)C)C(=O)OCC)OCCO1. The van der Waals surface area contributed by atoms with E-state index in [1.54, 1.807) is 13.8 Å². The number of rotatable bonds is 11. The Kier molecular flexibility index (Phi) is 11.0. The van der Waals surface area contributed by atoms with Crippen molar-refractivity contribution < 1.29 is 37.4 Å². The van der Waals surface area contributed by atoms with Gasteiger partial charge in [0, 0.05) is 6.08 Å². The molecule has 0 bridgehead atoms. The number of carbonyl (C=O) groups is 2. The largest absolute Gasteiger partial charge is 0.464 e. The Labute approximate surface area is 214 Å². The molecule has 1 heterocycles. The van der Waals surface area contributed by atoms with Crippen molar-refractivity contribution in [3.05, 3.63) is 12.2 Å². The fourth-order valence-corrected chi connectivity index (χ4v) is 5.46. The second-order valence-corrected chi connectivity index (χ2v) is 21.4. The molecule has 204 valence electrons. The van der Waals surface area contributed by atoms with Crippen LogP contribution in [0, 0.1) is 0 Å². The lowest BCUT2D eigenvalue weighted by molar-refractivity contribution is -0.211. The lowest BCUT2D eigenvalue weighted by Gasteiger charge is -2.47. The van der Waals surface area contributed by atoms with Crippen molar-refractivity contribution in [1.82, 2.24) is 0 Å². The van der Waals surface area contributed by atoms with E-state index in [0.717, 1.165) is 0 Å². The lowest BCUT2D eigenvalue weighted by Crippen LogP contribution is -2.62. The number of esters is 2. The van der Waals surface area contributed by atoms with E-state index in [1.807, 2.05) is 0 Å². The Hall–Kier alpha value is -1.05. The quantitative estimate of drug-likeness (QED) is 0.204. The monoisotopic (exact) mass is 532 g/mol. The molecule has 1 aliphatic heterocycles. The molecule has 1 rings (SSSR count). The molecule has 0 spiro atoms. The van der Waals surface area contributed by atoms with E-state index in [2.05, 4.69) is 67.7 Å². The first kappa shape index (κ1) is 32.0. The first-order valence-electron chi connectivity index (χ1n) is 12.5. The molecule has 2 atom stereocenters. The topological polar surface area (TPSA) is 89.5 Å². The molecule has 0 N–H and O–H groups in total. The van der Waals surface area contributed by atoms with Gasteiger partial charge in [-0.2, -0.15) is 0 Å². The average Bonchev–Trinajstić information content (AvgIpc) is 3.17. The molecular weight excluding hydrogens is 484 g/mol. The zero-order chi connectivity index (χ0) is 27.3. The highest BCUT2D eigenvalue weighted by molar-refractivity contribution is 6.74. The van der Waals surface area contributed by atoms with E-state index in [1.165, 1.54) is 12.2 Å². The molecule has 8 nitrogen and oxygen atoms in total. The summed E-state index contributed by atoms with van der Waals surface area (Å²) in [6.45, 7) is 25.4. The van der Waals surface area contributed by atoms with E-state index < -0.39 is 46.6 Å². The Morgan fingerprint density at radius 3 is 1.74 bits per heavy atom. The third-order valence-corrected chi connectivity index (χ3v) is 16.0. The number of hydrogen-bond acceptors (Lipinski definition) is 8. The number of hydrogen-bond donors (Lipinski definition) is 0. The summed E-state index contributed by atoms with van der Waals surface area (Å²) in [5.74, 6) is -2.58. The van der Waals surface area contributed by atoms with Crippen molar-refractivity contribution in [2.45, 2.75) is 110 Å². The second-order valence-electron chi connectivity index (χ2n) is 11.9.